The fraction of sp³-hybridized carbons (Fsp3) is 1.00. The molecule has 2 saturated carbocycles. The van der Waals surface area contributed by atoms with E-state index in [0.717, 1.165) is 17.9 Å². The van der Waals surface area contributed by atoms with E-state index in [9.17, 15) is 0 Å². The molecular weight excluding hydrogens is 218 g/mol. The highest BCUT2D eigenvalue weighted by Gasteiger charge is 2.31. The molecular formula is C17H33N. The lowest BCUT2D eigenvalue weighted by Crippen LogP contribution is -2.42. The second-order valence-corrected chi connectivity index (χ2v) is 7.74. The largest absolute Gasteiger partial charge is 0.314 e. The molecule has 2 unspecified atom stereocenters. The zero-order chi connectivity index (χ0) is 13.0. The molecule has 0 bridgehead atoms. The molecule has 18 heavy (non-hydrogen) atoms. The van der Waals surface area contributed by atoms with E-state index in [1.54, 1.807) is 0 Å². The van der Waals surface area contributed by atoms with Crippen LogP contribution in [0.1, 0.15) is 78.6 Å². The maximum absolute atomic E-state index is 3.86. The van der Waals surface area contributed by atoms with Crippen molar-refractivity contribution in [3.8, 4) is 0 Å². The number of hydrogen-bond acceptors (Lipinski definition) is 1. The van der Waals surface area contributed by atoms with Crippen molar-refractivity contribution in [3.63, 3.8) is 0 Å². The van der Waals surface area contributed by atoms with Gasteiger partial charge in [0.2, 0.25) is 0 Å². The molecule has 2 atom stereocenters. The van der Waals surface area contributed by atoms with Gasteiger partial charge in [0.05, 0.1) is 0 Å². The molecule has 1 nitrogen and oxygen atoms in total. The van der Waals surface area contributed by atoms with E-state index in [-0.39, 0.29) is 0 Å². The topological polar surface area (TPSA) is 12.0 Å². The van der Waals surface area contributed by atoms with Crippen LogP contribution in [-0.2, 0) is 0 Å². The van der Waals surface area contributed by atoms with Crippen LogP contribution in [0.15, 0.2) is 0 Å². The maximum atomic E-state index is 3.86. The van der Waals surface area contributed by atoms with Crippen LogP contribution < -0.4 is 5.32 Å². The molecule has 0 radical (unpaired) electrons. The lowest BCUT2D eigenvalue weighted by molar-refractivity contribution is 0.147. The van der Waals surface area contributed by atoms with Crippen molar-refractivity contribution in [2.45, 2.75) is 84.6 Å². The van der Waals surface area contributed by atoms with Crippen LogP contribution in [0, 0.1) is 17.3 Å². The van der Waals surface area contributed by atoms with Crippen molar-refractivity contribution in [1.82, 2.24) is 5.32 Å². The van der Waals surface area contributed by atoms with Crippen molar-refractivity contribution >= 4 is 0 Å². The molecule has 0 saturated heterocycles. The summed E-state index contributed by atoms with van der Waals surface area (Å²) in [5, 5.41) is 3.86. The predicted octanol–water partition coefficient (Wildman–Crippen LogP) is 4.76. The summed E-state index contributed by atoms with van der Waals surface area (Å²) in [5.74, 6) is 1.89. The van der Waals surface area contributed by atoms with E-state index in [1.807, 2.05) is 0 Å². The second-order valence-electron chi connectivity index (χ2n) is 7.74. The third kappa shape index (κ3) is 4.26. The SMILES string of the molecule is CC1CC(C)(C)CCC1NCCC1CCCCC1. The van der Waals surface area contributed by atoms with Crippen molar-refractivity contribution in [2.75, 3.05) is 6.54 Å². The van der Waals surface area contributed by atoms with Crippen LogP contribution in [0.3, 0.4) is 0 Å². The minimum Gasteiger partial charge on any atom is -0.314 e. The minimum atomic E-state index is 0.584. The first-order chi connectivity index (χ1) is 8.57. The highest BCUT2D eigenvalue weighted by atomic mass is 14.9. The maximum Gasteiger partial charge on any atom is 0.00930 e. The van der Waals surface area contributed by atoms with Gasteiger partial charge < -0.3 is 5.32 Å². The summed E-state index contributed by atoms with van der Waals surface area (Å²) in [4.78, 5) is 0. The van der Waals surface area contributed by atoms with Gasteiger partial charge in [-0.05, 0) is 49.5 Å². The first-order valence-electron chi connectivity index (χ1n) is 8.30. The summed E-state index contributed by atoms with van der Waals surface area (Å²) in [5.41, 5.74) is 0.584. The smallest absolute Gasteiger partial charge is 0.00930 e. The van der Waals surface area contributed by atoms with Gasteiger partial charge in [-0.25, -0.2) is 0 Å². The van der Waals surface area contributed by atoms with E-state index in [0.29, 0.717) is 5.41 Å². The van der Waals surface area contributed by atoms with Gasteiger partial charge in [-0.2, -0.15) is 0 Å². The molecule has 2 fully saturated rings. The Bertz CT molecular complexity index is 240. The molecule has 0 amide bonds. The molecule has 0 heterocycles. The lowest BCUT2D eigenvalue weighted by atomic mass is 9.70. The van der Waals surface area contributed by atoms with E-state index >= 15 is 0 Å². The number of hydrogen-bond donors (Lipinski definition) is 1. The average molecular weight is 251 g/mol. The molecule has 2 aliphatic rings. The van der Waals surface area contributed by atoms with Gasteiger partial charge in [-0.3, -0.25) is 0 Å². The average Bonchev–Trinajstić information content (AvgIpc) is 2.33. The summed E-state index contributed by atoms with van der Waals surface area (Å²) in [6.07, 6.45) is 13.1. The summed E-state index contributed by atoms with van der Waals surface area (Å²) >= 11 is 0. The van der Waals surface area contributed by atoms with Crippen LogP contribution in [0.2, 0.25) is 0 Å². The van der Waals surface area contributed by atoms with Gasteiger partial charge >= 0.3 is 0 Å². The summed E-state index contributed by atoms with van der Waals surface area (Å²) < 4.78 is 0. The molecule has 0 spiro atoms. The monoisotopic (exact) mass is 251 g/mol. The third-order valence-electron chi connectivity index (χ3n) is 5.38. The molecule has 1 heteroatoms. The Kier molecular flexibility index (Phi) is 5.12. The van der Waals surface area contributed by atoms with Gasteiger partial charge in [0.25, 0.3) is 0 Å². The summed E-state index contributed by atoms with van der Waals surface area (Å²) in [6.45, 7) is 8.57. The molecule has 0 aromatic heterocycles. The van der Waals surface area contributed by atoms with Gasteiger partial charge in [0.15, 0.2) is 0 Å². The van der Waals surface area contributed by atoms with E-state index in [4.69, 9.17) is 0 Å². The van der Waals surface area contributed by atoms with Gasteiger partial charge in [-0.15, -0.1) is 0 Å². The zero-order valence-electron chi connectivity index (χ0n) is 12.8. The first-order valence-corrected chi connectivity index (χ1v) is 8.30. The minimum absolute atomic E-state index is 0.584. The zero-order valence-corrected chi connectivity index (χ0v) is 12.8. The summed E-state index contributed by atoms with van der Waals surface area (Å²) in [7, 11) is 0. The molecule has 106 valence electrons. The molecule has 2 rings (SSSR count). The van der Waals surface area contributed by atoms with Crippen LogP contribution >= 0.6 is 0 Å². The fourth-order valence-corrected chi connectivity index (χ4v) is 4.20. The van der Waals surface area contributed by atoms with E-state index < -0.39 is 0 Å². The fourth-order valence-electron chi connectivity index (χ4n) is 4.20. The quantitative estimate of drug-likeness (QED) is 0.759. The van der Waals surface area contributed by atoms with E-state index in [2.05, 4.69) is 26.1 Å². The molecule has 1 N–H and O–H groups in total. The van der Waals surface area contributed by atoms with E-state index in [1.165, 1.54) is 64.3 Å². The Balaban J connectivity index is 1.64. The van der Waals surface area contributed by atoms with Crippen LogP contribution in [-0.4, -0.2) is 12.6 Å². The summed E-state index contributed by atoms with van der Waals surface area (Å²) in [6, 6.07) is 0.793. The Morgan fingerprint density at radius 3 is 2.44 bits per heavy atom. The van der Waals surface area contributed by atoms with Crippen LogP contribution in [0.4, 0.5) is 0 Å². The van der Waals surface area contributed by atoms with Crippen LogP contribution in [0.25, 0.3) is 0 Å². The highest BCUT2D eigenvalue weighted by molar-refractivity contribution is 4.86. The number of nitrogens with one attached hydrogen (secondary N) is 1. The second kappa shape index (κ2) is 6.41. The Labute approximate surface area is 114 Å². The van der Waals surface area contributed by atoms with Crippen molar-refractivity contribution < 1.29 is 0 Å². The lowest BCUT2D eigenvalue weighted by Gasteiger charge is -2.40. The molecule has 0 aliphatic heterocycles. The van der Waals surface area contributed by atoms with Gasteiger partial charge in [-0.1, -0.05) is 52.9 Å². The van der Waals surface area contributed by atoms with Crippen molar-refractivity contribution in [2.24, 2.45) is 17.3 Å². The molecule has 0 aromatic carbocycles. The standard InChI is InChI=1S/C17H33N/c1-14-13-17(2,3)11-9-16(14)18-12-10-15-7-5-4-6-8-15/h14-16,18H,4-13H2,1-3H3. The van der Waals surface area contributed by atoms with Crippen molar-refractivity contribution in [3.05, 3.63) is 0 Å². The molecule has 0 aromatic rings. The van der Waals surface area contributed by atoms with Crippen molar-refractivity contribution in [1.29, 1.82) is 0 Å². The highest BCUT2D eigenvalue weighted by Crippen LogP contribution is 2.38. The Hall–Kier alpha value is -0.0400. The predicted molar refractivity (Wildman–Crippen MR) is 79.8 cm³/mol. The Morgan fingerprint density at radius 2 is 1.78 bits per heavy atom. The third-order valence-corrected chi connectivity index (χ3v) is 5.38. The first kappa shape index (κ1) is 14.4. The van der Waals surface area contributed by atoms with Gasteiger partial charge in [0, 0.05) is 6.04 Å². The number of rotatable bonds is 4. The Morgan fingerprint density at radius 1 is 1.06 bits per heavy atom. The van der Waals surface area contributed by atoms with Gasteiger partial charge in [0.1, 0.15) is 0 Å². The normalized spacial score (nSPS) is 33.5. The van der Waals surface area contributed by atoms with Crippen LogP contribution in [0.5, 0.6) is 0 Å². The molecule has 2 aliphatic carbocycles.